The fourth-order valence-corrected chi connectivity index (χ4v) is 2.86. The van der Waals surface area contributed by atoms with Gasteiger partial charge in [0, 0.05) is 12.1 Å². The first-order chi connectivity index (χ1) is 8.09. The molecule has 1 aromatic rings. The van der Waals surface area contributed by atoms with Crippen LogP contribution in [0.4, 0.5) is 5.69 Å². The second-order valence-electron chi connectivity index (χ2n) is 4.54. The summed E-state index contributed by atoms with van der Waals surface area (Å²) in [4.78, 5) is 10.5. The zero-order valence-electron chi connectivity index (χ0n) is 9.43. The van der Waals surface area contributed by atoms with Gasteiger partial charge in [-0.3, -0.25) is 10.1 Å². The molecule has 92 valence electrons. The molecule has 5 heteroatoms. The molecule has 0 bridgehead atoms. The second-order valence-corrected chi connectivity index (χ2v) is 5.39. The number of halogens is 1. The monoisotopic (exact) mass is 298 g/mol. The van der Waals surface area contributed by atoms with Gasteiger partial charge in [0.05, 0.1) is 9.40 Å². The minimum atomic E-state index is -0.380. The molecule has 1 aliphatic rings. The molecule has 0 aromatic heterocycles. The number of hydrogen-bond acceptors (Lipinski definition) is 3. The average molecular weight is 299 g/mol. The molecule has 0 unspecified atom stereocenters. The Bertz CT molecular complexity index is 431. The number of benzene rings is 1. The van der Waals surface area contributed by atoms with E-state index in [9.17, 15) is 10.1 Å². The highest BCUT2D eigenvalue weighted by atomic mass is 79.9. The molecule has 1 aliphatic carbocycles. The van der Waals surface area contributed by atoms with Crippen LogP contribution in [-0.4, -0.2) is 4.92 Å². The Kier molecular flexibility index (Phi) is 3.79. The smallest absolute Gasteiger partial charge is 0.283 e. The van der Waals surface area contributed by atoms with E-state index in [4.69, 9.17) is 5.73 Å². The first kappa shape index (κ1) is 12.5. The van der Waals surface area contributed by atoms with Crippen LogP contribution in [-0.2, 0) is 0 Å². The van der Waals surface area contributed by atoms with Crippen LogP contribution in [0.25, 0.3) is 0 Å². The van der Waals surface area contributed by atoms with Crippen molar-refractivity contribution in [2.45, 2.75) is 31.7 Å². The maximum absolute atomic E-state index is 10.9. The van der Waals surface area contributed by atoms with Crippen LogP contribution >= 0.6 is 15.9 Å². The van der Waals surface area contributed by atoms with Crippen LogP contribution < -0.4 is 5.73 Å². The predicted octanol–water partition coefficient (Wildman–Crippen LogP) is 3.55. The van der Waals surface area contributed by atoms with Crippen molar-refractivity contribution in [3.63, 3.8) is 0 Å². The Morgan fingerprint density at radius 1 is 1.41 bits per heavy atom. The summed E-state index contributed by atoms with van der Waals surface area (Å²) in [6.07, 6.45) is 4.70. The maximum Gasteiger partial charge on any atom is 0.283 e. The maximum atomic E-state index is 10.9. The first-order valence-corrected chi connectivity index (χ1v) is 6.58. The lowest BCUT2D eigenvalue weighted by molar-refractivity contribution is -0.385. The Morgan fingerprint density at radius 3 is 2.65 bits per heavy atom. The summed E-state index contributed by atoms with van der Waals surface area (Å²) in [7, 11) is 0. The summed E-state index contributed by atoms with van der Waals surface area (Å²) in [6, 6.07) is 5.10. The van der Waals surface area contributed by atoms with Gasteiger partial charge < -0.3 is 5.73 Å². The molecule has 4 nitrogen and oxygen atoms in total. The van der Waals surface area contributed by atoms with Crippen LogP contribution in [0.15, 0.2) is 22.7 Å². The van der Waals surface area contributed by atoms with Crippen molar-refractivity contribution in [2.75, 3.05) is 0 Å². The van der Waals surface area contributed by atoms with Crippen molar-refractivity contribution in [3.8, 4) is 0 Å². The third kappa shape index (κ3) is 2.66. The summed E-state index contributed by atoms with van der Waals surface area (Å²) in [5.41, 5.74) is 7.14. The predicted molar refractivity (Wildman–Crippen MR) is 69.7 cm³/mol. The third-order valence-electron chi connectivity index (χ3n) is 3.46. The molecule has 1 fully saturated rings. The molecule has 2 N–H and O–H groups in total. The number of hydrogen-bond donors (Lipinski definition) is 1. The molecule has 17 heavy (non-hydrogen) atoms. The van der Waals surface area contributed by atoms with E-state index >= 15 is 0 Å². The summed E-state index contributed by atoms with van der Waals surface area (Å²) < 4.78 is 0.505. The van der Waals surface area contributed by atoms with Crippen LogP contribution in [0, 0.1) is 16.0 Å². The van der Waals surface area contributed by atoms with Crippen molar-refractivity contribution in [1.82, 2.24) is 0 Å². The van der Waals surface area contributed by atoms with Gasteiger partial charge in [-0.1, -0.05) is 18.9 Å². The fraction of sp³-hybridized carbons (Fsp3) is 0.500. The number of nitrogens with two attached hydrogens (primary N) is 1. The fourth-order valence-electron chi connectivity index (χ4n) is 2.47. The van der Waals surface area contributed by atoms with Gasteiger partial charge in [-0.05, 0) is 46.3 Å². The molecule has 1 atom stereocenters. The van der Waals surface area contributed by atoms with Gasteiger partial charge >= 0.3 is 0 Å². The molecule has 0 heterocycles. The molecule has 2 rings (SSSR count). The Labute approximate surface area is 108 Å². The number of nitro benzene ring substituents is 1. The second kappa shape index (κ2) is 5.14. The van der Waals surface area contributed by atoms with Gasteiger partial charge in [-0.25, -0.2) is 0 Å². The molecule has 1 aromatic carbocycles. The largest absolute Gasteiger partial charge is 0.324 e. The number of rotatable bonds is 3. The zero-order chi connectivity index (χ0) is 12.4. The molecule has 0 saturated heterocycles. The average Bonchev–Trinajstić information content (AvgIpc) is 2.81. The first-order valence-electron chi connectivity index (χ1n) is 5.79. The number of nitro groups is 1. The van der Waals surface area contributed by atoms with E-state index in [2.05, 4.69) is 15.9 Å². The summed E-state index contributed by atoms with van der Waals surface area (Å²) in [6.45, 7) is 0. The Balaban J connectivity index is 2.26. The minimum absolute atomic E-state index is 0.0794. The summed E-state index contributed by atoms with van der Waals surface area (Å²) >= 11 is 3.18. The molecule has 0 aliphatic heterocycles. The van der Waals surface area contributed by atoms with Crippen molar-refractivity contribution in [2.24, 2.45) is 11.7 Å². The van der Waals surface area contributed by atoms with Gasteiger partial charge in [0.2, 0.25) is 0 Å². The zero-order valence-corrected chi connectivity index (χ0v) is 11.0. The normalized spacial score (nSPS) is 18.2. The topological polar surface area (TPSA) is 69.2 Å². The van der Waals surface area contributed by atoms with E-state index in [-0.39, 0.29) is 16.7 Å². The van der Waals surface area contributed by atoms with Crippen molar-refractivity contribution >= 4 is 21.6 Å². The van der Waals surface area contributed by atoms with Crippen molar-refractivity contribution < 1.29 is 4.92 Å². The lowest BCUT2D eigenvalue weighted by Gasteiger charge is -2.19. The minimum Gasteiger partial charge on any atom is -0.324 e. The molecular weight excluding hydrogens is 284 g/mol. The van der Waals surface area contributed by atoms with Crippen LogP contribution in [0.1, 0.15) is 37.3 Å². The molecular formula is C12H15BrN2O2. The lowest BCUT2D eigenvalue weighted by atomic mass is 9.92. The van der Waals surface area contributed by atoms with Gasteiger partial charge in [-0.2, -0.15) is 0 Å². The summed E-state index contributed by atoms with van der Waals surface area (Å²) in [5, 5.41) is 10.9. The Hall–Kier alpha value is -0.940. The van der Waals surface area contributed by atoms with Gasteiger partial charge in [0.1, 0.15) is 0 Å². The van der Waals surface area contributed by atoms with Gasteiger partial charge in [0.25, 0.3) is 5.69 Å². The van der Waals surface area contributed by atoms with Crippen LogP contribution in [0.2, 0.25) is 0 Å². The van der Waals surface area contributed by atoms with Crippen molar-refractivity contribution in [1.29, 1.82) is 0 Å². The van der Waals surface area contributed by atoms with Crippen molar-refractivity contribution in [3.05, 3.63) is 38.3 Å². The standard InChI is InChI=1S/C12H15BrN2O2/c13-10-6-5-9(7-11(10)15(16)17)12(14)8-3-1-2-4-8/h5-8,12H,1-4,14H2/t12-/m0/s1. The van der Waals surface area contributed by atoms with Crippen LogP contribution in [0.3, 0.4) is 0 Å². The highest BCUT2D eigenvalue weighted by molar-refractivity contribution is 9.10. The molecule has 0 radical (unpaired) electrons. The van der Waals surface area contributed by atoms with Gasteiger partial charge in [0.15, 0.2) is 0 Å². The lowest BCUT2D eigenvalue weighted by Crippen LogP contribution is -2.19. The van der Waals surface area contributed by atoms with Gasteiger partial charge in [-0.15, -0.1) is 0 Å². The molecule has 0 amide bonds. The molecule has 0 spiro atoms. The third-order valence-corrected chi connectivity index (χ3v) is 4.13. The van der Waals surface area contributed by atoms with Crippen LogP contribution in [0.5, 0.6) is 0 Å². The highest BCUT2D eigenvalue weighted by Gasteiger charge is 2.25. The van der Waals surface area contributed by atoms with E-state index in [0.717, 1.165) is 18.4 Å². The van der Waals surface area contributed by atoms with E-state index in [1.165, 1.54) is 12.8 Å². The van der Waals surface area contributed by atoms with E-state index in [1.54, 1.807) is 12.1 Å². The van der Waals surface area contributed by atoms with E-state index < -0.39 is 0 Å². The molecule has 1 saturated carbocycles. The van der Waals surface area contributed by atoms with E-state index in [1.807, 2.05) is 6.07 Å². The number of nitrogens with zero attached hydrogens (tertiary/aromatic N) is 1. The van der Waals surface area contributed by atoms with E-state index in [0.29, 0.717) is 10.4 Å². The SMILES string of the molecule is N[C@H](c1ccc(Br)c([N+](=O)[O-])c1)C1CCCC1. The summed E-state index contributed by atoms with van der Waals surface area (Å²) in [5.74, 6) is 0.468. The Morgan fingerprint density at radius 2 is 2.06 bits per heavy atom. The quantitative estimate of drug-likeness (QED) is 0.685. The highest BCUT2D eigenvalue weighted by Crippen LogP contribution is 2.36.